The molecule has 9 heteroatoms. The third-order valence-corrected chi connectivity index (χ3v) is 8.21. The number of rotatable bonds is 4. The minimum atomic E-state index is -3.61. The Morgan fingerprint density at radius 3 is 2.52 bits per heavy atom. The molecular formula is C22H18F2N2O3S2. The highest BCUT2D eigenvalue weighted by atomic mass is 32.2. The molecule has 0 atom stereocenters. The molecular weight excluding hydrogens is 442 g/mol. The third kappa shape index (κ3) is 3.88. The van der Waals surface area contributed by atoms with E-state index in [0.717, 1.165) is 28.2 Å². The second-order valence-electron chi connectivity index (χ2n) is 7.44. The van der Waals surface area contributed by atoms with Gasteiger partial charge in [-0.2, -0.15) is 9.29 Å². The van der Waals surface area contributed by atoms with Crippen molar-refractivity contribution in [3.8, 4) is 5.19 Å². The van der Waals surface area contributed by atoms with Crippen LogP contribution in [0.15, 0.2) is 59.5 Å². The van der Waals surface area contributed by atoms with Gasteiger partial charge in [0, 0.05) is 19.2 Å². The van der Waals surface area contributed by atoms with E-state index < -0.39 is 21.7 Å². The molecule has 0 unspecified atom stereocenters. The SMILES string of the molecule is O=S(=O)(c1ccc2ccccc2c1)N1CCC(Oc2nc3c(F)cc(F)cc3s2)CC1. The Labute approximate surface area is 181 Å². The first-order valence-corrected chi connectivity index (χ1v) is 12.1. The molecule has 1 aliphatic heterocycles. The average molecular weight is 461 g/mol. The number of piperidine rings is 1. The molecule has 0 radical (unpaired) electrons. The van der Waals surface area contributed by atoms with Crippen LogP contribution in [0.4, 0.5) is 8.78 Å². The molecule has 3 aromatic carbocycles. The van der Waals surface area contributed by atoms with Crippen molar-refractivity contribution < 1.29 is 21.9 Å². The molecule has 0 aliphatic carbocycles. The zero-order valence-corrected chi connectivity index (χ0v) is 17.9. The van der Waals surface area contributed by atoms with Crippen LogP contribution in [0.5, 0.6) is 5.19 Å². The van der Waals surface area contributed by atoms with Crippen LogP contribution in [-0.4, -0.2) is 36.9 Å². The van der Waals surface area contributed by atoms with Gasteiger partial charge in [-0.3, -0.25) is 0 Å². The number of aromatic nitrogens is 1. The zero-order chi connectivity index (χ0) is 21.6. The highest BCUT2D eigenvalue weighted by Gasteiger charge is 2.30. The summed E-state index contributed by atoms with van der Waals surface area (Å²) in [5.74, 6) is -1.38. The van der Waals surface area contributed by atoms with Gasteiger partial charge in [-0.1, -0.05) is 41.7 Å². The van der Waals surface area contributed by atoms with Crippen molar-refractivity contribution in [1.82, 2.24) is 9.29 Å². The monoisotopic (exact) mass is 460 g/mol. The molecule has 5 rings (SSSR count). The van der Waals surface area contributed by atoms with Gasteiger partial charge < -0.3 is 4.74 Å². The Bertz CT molecular complexity index is 1380. The predicted molar refractivity (Wildman–Crippen MR) is 116 cm³/mol. The molecule has 31 heavy (non-hydrogen) atoms. The largest absolute Gasteiger partial charge is 0.467 e. The first-order valence-electron chi connectivity index (χ1n) is 9.81. The molecule has 0 spiro atoms. The Kier molecular flexibility index (Phi) is 5.11. The van der Waals surface area contributed by atoms with Crippen LogP contribution < -0.4 is 4.74 Å². The van der Waals surface area contributed by atoms with Crippen molar-refractivity contribution in [2.45, 2.75) is 23.8 Å². The first-order chi connectivity index (χ1) is 14.9. The van der Waals surface area contributed by atoms with Crippen LogP contribution in [0.1, 0.15) is 12.8 Å². The molecule has 4 aromatic rings. The molecule has 1 aromatic heterocycles. The maximum Gasteiger partial charge on any atom is 0.274 e. The van der Waals surface area contributed by atoms with Crippen molar-refractivity contribution in [2.24, 2.45) is 0 Å². The number of fused-ring (bicyclic) bond motifs is 2. The Morgan fingerprint density at radius 2 is 1.74 bits per heavy atom. The van der Waals surface area contributed by atoms with Gasteiger partial charge in [0.05, 0.1) is 9.60 Å². The van der Waals surface area contributed by atoms with Gasteiger partial charge in [-0.05, 0) is 41.8 Å². The van der Waals surface area contributed by atoms with Gasteiger partial charge in [0.15, 0.2) is 5.82 Å². The number of ether oxygens (including phenoxy) is 1. The second kappa shape index (κ2) is 7.81. The van der Waals surface area contributed by atoms with Crippen LogP contribution in [0.25, 0.3) is 21.0 Å². The summed E-state index contributed by atoms with van der Waals surface area (Å²) >= 11 is 1.08. The Morgan fingerprint density at radius 1 is 1.00 bits per heavy atom. The topological polar surface area (TPSA) is 59.5 Å². The molecule has 0 amide bonds. The van der Waals surface area contributed by atoms with Crippen LogP contribution in [-0.2, 0) is 10.0 Å². The molecule has 1 fully saturated rings. The van der Waals surface area contributed by atoms with Crippen molar-refractivity contribution in [1.29, 1.82) is 0 Å². The van der Waals surface area contributed by atoms with Gasteiger partial charge in [-0.25, -0.2) is 17.2 Å². The minimum Gasteiger partial charge on any atom is -0.467 e. The third-order valence-electron chi connectivity index (χ3n) is 5.42. The van der Waals surface area contributed by atoms with Crippen molar-refractivity contribution in [3.05, 3.63) is 66.2 Å². The van der Waals surface area contributed by atoms with E-state index in [4.69, 9.17) is 4.74 Å². The van der Waals surface area contributed by atoms with Crippen LogP contribution in [0.2, 0.25) is 0 Å². The van der Waals surface area contributed by atoms with Crippen LogP contribution in [0, 0.1) is 11.6 Å². The lowest BCUT2D eigenvalue weighted by Gasteiger charge is -2.30. The summed E-state index contributed by atoms with van der Waals surface area (Å²) in [6, 6.07) is 14.8. The van der Waals surface area contributed by atoms with Crippen molar-refractivity contribution in [3.63, 3.8) is 0 Å². The molecule has 1 saturated heterocycles. The fourth-order valence-corrected chi connectivity index (χ4v) is 6.22. The van der Waals surface area contributed by atoms with E-state index in [0.29, 0.717) is 30.6 Å². The van der Waals surface area contributed by atoms with Gasteiger partial charge in [-0.15, -0.1) is 0 Å². The van der Waals surface area contributed by atoms with Gasteiger partial charge >= 0.3 is 0 Å². The summed E-state index contributed by atoms with van der Waals surface area (Å²) < 4.78 is 61.1. The number of hydrogen-bond donors (Lipinski definition) is 0. The quantitative estimate of drug-likeness (QED) is 0.432. The molecule has 0 saturated carbocycles. The first kappa shape index (κ1) is 20.3. The lowest BCUT2D eigenvalue weighted by Crippen LogP contribution is -2.41. The van der Waals surface area contributed by atoms with Crippen molar-refractivity contribution in [2.75, 3.05) is 13.1 Å². The molecule has 0 bridgehead atoms. The highest BCUT2D eigenvalue weighted by molar-refractivity contribution is 7.89. The predicted octanol–water partition coefficient (Wildman–Crippen LogP) is 4.96. The highest BCUT2D eigenvalue weighted by Crippen LogP contribution is 2.32. The molecule has 160 valence electrons. The summed E-state index contributed by atoms with van der Waals surface area (Å²) in [6.07, 6.45) is 0.732. The van der Waals surface area contributed by atoms with Crippen molar-refractivity contribution >= 4 is 42.3 Å². The van der Waals surface area contributed by atoms with E-state index in [-0.39, 0.29) is 21.7 Å². The fraction of sp³-hybridized carbons (Fsp3) is 0.227. The Hall–Kier alpha value is -2.62. The standard InChI is InChI=1S/C22H18F2N2O3S2/c23-16-12-19(24)21-20(13-16)30-22(25-21)29-17-7-9-26(10-8-17)31(27,28)18-6-5-14-3-1-2-4-15(14)11-18/h1-6,11-13,17H,7-10H2. The summed E-state index contributed by atoms with van der Waals surface area (Å²) in [7, 11) is -3.61. The Balaban J connectivity index is 1.29. The smallest absolute Gasteiger partial charge is 0.274 e. The van der Waals surface area contributed by atoms with Crippen LogP contribution in [0.3, 0.4) is 0 Å². The molecule has 2 heterocycles. The summed E-state index contributed by atoms with van der Waals surface area (Å²) in [6.45, 7) is 0.626. The van der Waals surface area contributed by atoms with E-state index in [2.05, 4.69) is 4.98 Å². The zero-order valence-electron chi connectivity index (χ0n) is 16.3. The number of hydrogen-bond acceptors (Lipinski definition) is 5. The van der Waals surface area contributed by atoms with Gasteiger partial charge in [0.25, 0.3) is 5.19 Å². The van der Waals surface area contributed by atoms with E-state index >= 15 is 0 Å². The minimum absolute atomic E-state index is 0.0812. The lowest BCUT2D eigenvalue weighted by atomic mass is 10.1. The van der Waals surface area contributed by atoms with Gasteiger partial charge in [0.1, 0.15) is 17.4 Å². The molecule has 5 nitrogen and oxygen atoms in total. The van der Waals surface area contributed by atoms with Crippen LogP contribution >= 0.6 is 11.3 Å². The average Bonchev–Trinajstić information content (AvgIpc) is 3.16. The number of halogens is 2. The van der Waals surface area contributed by atoms with E-state index in [1.807, 2.05) is 30.3 Å². The lowest BCUT2D eigenvalue weighted by molar-refractivity contribution is 0.135. The normalized spacial score (nSPS) is 16.2. The number of sulfonamides is 1. The number of thiazole rings is 1. The fourth-order valence-electron chi connectivity index (χ4n) is 3.80. The number of nitrogens with zero attached hydrogens (tertiary/aromatic N) is 2. The second-order valence-corrected chi connectivity index (χ2v) is 10.4. The maximum atomic E-state index is 13.9. The molecule has 0 N–H and O–H groups in total. The van der Waals surface area contributed by atoms with Gasteiger partial charge in [0.2, 0.25) is 10.0 Å². The van der Waals surface area contributed by atoms with E-state index in [1.54, 1.807) is 12.1 Å². The van der Waals surface area contributed by atoms with E-state index in [1.165, 1.54) is 10.4 Å². The maximum absolute atomic E-state index is 13.9. The summed E-state index contributed by atoms with van der Waals surface area (Å²) in [5.41, 5.74) is 0.0812. The van der Waals surface area contributed by atoms with E-state index in [9.17, 15) is 17.2 Å². The summed E-state index contributed by atoms with van der Waals surface area (Å²) in [5, 5.41) is 2.12. The summed E-state index contributed by atoms with van der Waals surface area (Å²) in [4.78, 5) is 4.39. The number of benzene rings is 3. The molecule has 1 aliphatic rings.